The van der Waals surface area contributed by atoms with Gasteiger partial charge in [0.2, 0.25) is 0 Å². The van der Waals surface area contributed by atoms with Crippen LogP contribution in [0.2, 0.25) is 0 Å². The SMILES string of the molecule is CCNc1nc(-c2ccc(C)nc2)nc(C(C)C)c1Br. The Kier molecular flexibility index (Phi) is 4.70. The summed E-state index contributed by atoms with van der Waals surface area (Å²) in [6.07, 6.45) is 1.82. The smallest absolute Gasteiger partial charge is 0.163 e. The normalized spacial score (nSPS) is 10.9. The highest BCUT2D eigenvalue weighted by Crippen LogP contribution is 2.31. The summed E-state index contributed by atoms with van der Waals surface area (Å²) in [5.41, 5.74) is 2.93. The minimum Gasteiger partial charge on any atom is -0.369 e. The van der Waals surface area contributed by atoms with Crippen molar-refractivity contribution in [3.05, 3.63) is 34.2 Å². The highest BCUT2D eigenvalue weighted by atomic mass is 79.9. The molecule has 0 saturated heterocycles. The van der Waals surface area contributed by atoms with E-state index in [1.807, 2.05) is 25.3 Å². The second-order valence-electron chi connectivity index (χ2n) is 4.97. The third-order valence-corrected chi connectivity index (χ3v) is 3.72. The van der Waals surface area contributed by atoms with Crippen molar-refractivity contribution in [2.45, 2.75) is 33.6 Å². The lowest BCUT2D eigenvalue weighted by Gasteiger charge is -2.14. The van der Waals surface area contributed by atoms with Gasteiger partial charge in [0.15, 0.2) is 5.82 Å². The van der Waals surface area contributed by atoms with Crippen molar-refractivity contribution in [3.63, 3.8) is 0 Å². The van der Waals surface area contributed by atoms with Crippen molar-refractivity contribution in [2.24, 2.45) is 0 Å². The molecule has 0 fully saturated rings. The Morgan fingerprint density at radius 1 is 1.25 bits per heavy atom. The summed E-state index contributed by atoms with van der Waals surface area (Å²) < 4.78 is 0.943. The van der Waals surface area contributed by atoms with Crippen molar-refractivity contribution in [3.8, 4) is 11.4 Å². The number of nitrogens with one attached hydrogen (secondary N) is 1. The number of halogens is 1. The van der Waals surface area contributed by atoms with Gasteiger partial charge in [-0.3, -0.25) is 4.98 Å². The lowest BCUT2D eigenvalue weighted by molar-refractivity contribution is 0.809. The Morgan fingerprint density at radius 2 is 2.00 bits per heavy atom. The van der Waals surface area contributed by atoms with E-state index in [1.54, 1.807) is 0 Å². The number of anilines is 1. The number of pyridine rings is 1. The number of aromatic nitrogens is 3. The first kappa shape index (κ1) is 14.9. The van der Waals surface area contributed by atoms with Crippen LogP contribution in [0.25, 0.3) is 11.4 Å². The standard InChI is InChI=1S/C15H19BrN4/c1-5-17-15-12(16)13(9(2)3)19-14(20-15)11-7-6-10(4)18-8-11/h6-9H,5H2,1-4H3,(H,17,19,20). The molecule has 2 aromatic rings. The maximum absolute atomic E-state index is 4.68. The van der Waals surface area contributed by atoms with E-state index in [1.165, 1.54) is 0 Å². The lowest BCUT2D eigenvalue weighted by Crippen LogP contribution is -2.07. The zero-order valence-corrected chi connectivity index (χ0v) is 13.8. The van der Waals surface area contributed by atoms with Crippen LogP contribution >= 0.6 is 15.9 Å². The summed E-state index contributed by atoms with van der Waals surface area (Å²) in [7, 11) is 0. The van der Waals surface area contributed by atoms with Crippen molar-refractivity contribution in [2.75, 3.05) is 11.9 Å². The summed E-state index contributed by atoms with van der Waals surface area (Å²) in [5, 5.41) is 3.27. The van der Waals surface area contributed by atoms with Gasteiger partial charge in [-0.1, -0.05) is 13.8 Å². The summed E-state index contributed by atoms with van der Waals surface area (Å²) in [5.74, 6) is 1.86. The van der Waals surface area contributed by atoms with Crippen LogP contribution in [0.3, 0.4) is 0 Å². The molecule has 0 saturated carbocycles. The van der Waals surface area contributed by atoms with E-state index in [4.69, 9.17) is 0 Å². The maximum Gasteiger partial charge on any atom is 0.163 e. The van der Waals surface area contributed by atoms with Gasteiger partial charge >= 0.3 is 0 Å². The molecule has 5 heteroatoms. The molecule has 0 radical (unpaired) electrons. The Labute approximate surface area is 128 Å². The molecule has 0 aromatic carbocycles. The molecule has 2 aromatic heterocycles. The monoisotopic (exact) mass is 334 g/mol. The highest BCUT2D eigenvalue weighted by molar-refractivity contribution is 9.10. The molecular formula is C15H19BrN4. The zero-order valence-electron chi connectivity index (χ0n) is 12.2. The van der Waals surface area contributed by atoms with Crippen LogP contribution in [0.5, 0.6) is 0 Å². The predicted molar refractivity (Wildman–Crippen MR) is 86.0 cm³/mol. The molecule has 0 aliphatic carbocycles. The molecule has 2 rings (SSSR count). The minimum atomic E-state index is 0.321. The van der Waals surface area contributed by atoms with Gasteiger partial charge in [-0.15, -0.1) is 0 Å². The van der Waals surface area contributed by atoms with Crippen molar-refractivity contribution >= 4 is 21.7 Å². The van der Waals surface area contributed by atoms with E-state index < -0.39 is 0 Å². The fraction of sp³-hybridized carbons (Fsp3) is 0.400. The molecular weight excluding hydrogens is 316 g/mol. The molecule has 0 amide bonds. The highest BCUT2D eigenvalue weighted by Gasteiger charge is 2.15. The Morgan fingerprint density at radius 3 is 2.55 bits per heavy atom. The molecule has 0 aliphatic rings. The van der Waals surface area contributed by atoms with Gasteiger partial charge in [-0.05, 0) is 47.8 Å². The fourth-order valence-corrected chi connectivity index (χ4v) is 2.64. The number of hydrogen-bond acceptors (Lipinski definition) is 4. The Balaban J connectivity index is 2.55. The average Bonchev–Trinajstić information content (AvgIpc) is 2.42. The van der Waals surface area contributed by atoms with E-state index >= 15 is 0 Å². The van der Waals surface area contributed by atoms with Gasteiger partial charge in [0.05, 0.1) is 10.2 Å². The number of nitrogens with zero attached hydrogens (tertiary/aromatic N) is 3. The second-order valence-corrected chi connectivity index (χ2v) is 5.76. The van der Waals surface area contributed by atoms with E-state index in [0.29, 0.717) is 11.7 Å². The molecule has 2 heterocycles. The fourth-order valence-electron chi connectivity index (χ4n) is 1.86. The first-order valence-electron chi connectivity index (χ1n) is 6.77. The van der Waals surface area contributed by atoms with Gasteiger partial charge < -0.3 is 5.32 Å². The molecule has 4 nitrogen and oxygen atoms in total. The van der Waals surface area contributed by atoms with Crippen LogP contribution in [0, 0.1) is 6.92 Å². The summed E-state index contributed by atoms with van der Waals surface area (Å²) in [4.78, 5) is 13.6. The molecule has 20 heavy (non-hydrogen) atoms. The predicted octanol–water partition coefficient (Wildman–Crippen LogP) is 4.16. The van der Waals surface area contributed by atoms with E-state index in [2.05, 4.69) is 57.0 Å². The van der Waals surface area contributed by atoms with E-state index in [0.717, 1.165) is 33.8 Å². The lowest BCUT2D eigenvalue weighted by atomic mass is 10.1. The third-order valence-electron chi connectivity index (χ3n) is 2.94. The van der Waals surface area contributed by atoms with Crippen molar-refractivity contribution in [1.82, 2.24) is 15.0 Å². The molecule has 1 N–H and O–H groups in total. The first-order chi connectivity index (χ1) is 9.52. The van der Waals surface area contributed by atoms with Gasteiger partial charge in [0, 0.05) is 24.0 Å². The van der Waals surface area contributed by atoms with Crippen LogP contribution in [0.1, 0.15) is 38.1 Å². The molecule has 106 valence electrons. The summed E-state index contributed by atoms with van der Waals surface area (Å²) in [6.45, 7) is 9.09. The minimum absolute atomic E-state index is 0.321. The molecule has 0 spiro atoms. The van der Waals surface area contributed by atoms with Crippen LogP contribution in [0.15, 0.2) is 22.8 Å². The largest absolute Gasteiger partial charge is 0.369 e. The second kappa shape index (κ2) is 6.31. The van der Waals surface area contributed by atoms with E-state index in [-0.39, 0.29) is 0 Å². The third kappa shape index (κ3) is 3.15. The number of rotatable bonds is 4. The first-order valence-corrected chi connectivity index (χ1v) is 7.56. The van der Waals surface area contributed by atoms with Gasteiger partial charge in [-0.2, -0.15) is 0 Å². The molecule has 0 unspecified atom stereocenters. The Bertz CT molecular complexity index is 594. The average molecular weight is 335 g/mol. The van der Waals surface area contributed by atoms with Gasteiger partial charge in [0.25, 0.3) is 0 Å². The molecule has 0 atom stereocenters. The van der Waals surface area contributed by atoms with Crippen molar-refractivity contribution in [1.29, 1.82) is 0 Å². The summed E-state index contributed by atoms with van der Waals surface area (Å²) >= 11 is 3.60. The number of aryl methyl sites for hydroxylation is 1. The van der Waals surface area contributed by atoms with E-state index in [9.17, 15) is 0 Å². The van der Waals surface area contributed by atoms with Gasteiger partial charge in [-0.25, -0.2) is 9.97 Å². The van der Waals surface area contributed by atoms with Gasteiger partial charge in [0.1, 0.15) is 5.82 Å². The van der Waals surface area contributed by atoms with Crippen LogP contribution in [0.4, 0.5) is 5.82 Å². The zero-order chi connectivity index (χ0) is 14.7. The topological polar surface area (TPSA) is 50.7 Å². The quantitative estimate of drug-likeness (QED) is 0.911. The molecule has 0 bridgehead atoms. The van der Waals surface area contributed by atoms with Crippen LogP contribution < -0.4 is 5.32 Å². The maximum atomic E-state index is 4.68. The van der Waals surface area contributed by atoms with Crippen LogP contribution in [-0.2, 0) is 0 Å². The molecule has 0 aliphatic heterocycles. The van der Waals surface area contributed by atoms with Crippen molar-refractivity contribution < 1.29 is 0 Å². The Hall–Kier alpha value is -1.49. The summed E-state index contributed by atoms with van der Waals surface area (Å²) in [6, 6.07) is 3.98. The van der Waals surface area contributed by atoms with Crippen LogP contribution in [-0.4, -0.2) is 21.5 Å². The number of hydrogen-bond donors (Lipinski definition) is 1.